The third kappa shape index (κ3) is 3.69. The fourth-order valence-corrected chi connectivity index (χ4v) is 4.22. The van der Waals surface area contributed by atoms with Crippen LogP contribution in [0, 0.1) is 5.92 Å². The lowest BCUT2D eigenvalue weighted by molar-refractivity contribution is -0.131. The van der Waals surface area contributed by atoms with Crippen molar-refractivity contribution in [2.75, 3.05) is 26.5 Å². The van der Waals surface area contributed by atoms with E-state index in [4.69, 9.17) is 14.5 Å². The zero-order valence-electron chi connectivity index (χ0n) is 14.3. The van der Waals surface area contributed by atoms with Crippen LogP contribution in [-0.4, -0.2) is 42.5 Å². The van der Waals surface area contributed by atoms with E-state index in [1.54, 1.807) is 26.0 Å². The molecule has 0 spiro atoms. The van der Waals surface area contributed by atoms with Gasteiger partial charge in [0.2, 0.25) is 5.91 Å². The molecule has 3 rings (SSSR count). The van der Waals surface area contributed by atoms with E-state index >= 15 is 0 Å². The lowest BCUT2D eigenvalue weighted by Gasteiger charge is -2.30. The van der Waals surface area contributed by atoms with Crippen LogP contribution < -0.4 is 9.47 Å². The highest BCUT2D eigenvalue weighted by Gasteiger charge is 2.31. The summed E-state index contributed by atoms with van der Waals surface area (Å²) in [5.41, 5.74) is 0.779. The van der Waals surface area contributed by atoms with E-state index in [1.807, 2.05) is 23.1 Å². The van der Waals surface area contributed by atoms with E-state index in [0.29, 0.717) is 11.5 Å². The van der Waals surface area contributed by atoms with Crippen LogP contribution in [0.4, 0.5) is 5.69 Å². The molecule has 1 aliphatic heterocycles. The number of carbonyl (C=O) groups excluding carboxylic acids is 1. The first-order chi connectivity index (χ1) is 11.7. The van der Waals surface area contributed by atoms with Crippen LogP contribution in [0.2, 0.25) is 0 Å². The predicted molar refractivity (Wildman–Crippen MR) is 97.4 cm³/mol. The predicted octanol–water partition coefficient (Wildman–Crippen LogP) is 3.85. The molecule has 2 fully saturated rings. The molecule has 1 aromatic rings. The molecule has 0 aromatic heterocycles. The molecule has 0 radical (unpaired) electrons. The number of amides is 1. The Balaban J connectivity index is 1.84. The molecule has 0 unspecified atom stereocenters. The normalized spacial score (nSPS) is 20.4. The minimum atomic E-state index is 0.180. The summed E-state index contributed by atoms with van der Waals surface area (Å²) in [7, 11) is 3.22. The Morgan fingerprint density at radius 2 is 1.92 bits per heavy atom. The number of thioether (sulfide) groups is 1. The van der Waals surface area contributed by atoms with Crippen molar-refractivity contribution in [3.05, 3.63) is 18.2 Å². The van der Waals surface area contributed by atoms with Gasteiger partial charge in [-0.1, -0.05) is 24.6 Å². The van der Waals surface area contributed by atoms with Crippen molar-refractivity contribution >= 4 is 28.5 Å². The van der Waals surface area contributed by atoms with Crippen LogP contribution >= 0.6 is 11.8 Å². The molecule has 1 aromatic carbocycles. The van der Waals surface area contributed by atoms with Crippen molar-refractivity contribution in [2.45, 2.75) is 32.1 Å². The van der Waals surface area contributed by atoms with E-state index in [-0.39, 0.29) is 11.8 Å². The van der Waals surface area contributed by atoms with Crippen LogP contribution in [-0.2, 0) is 4.79 Å². The number of benzene rings is 1. The Morgan fingerprint density at radius 1 is 1.17 bits per heavy atom. The standard InChI is InChI=1S/C18H24N2O3S/c1-22-15-9-8-14(12-16(15)23-2)19-18-20(10-5-11-24-18)17(21)13-6-3-4-7-13/h8-9,12-13H,3-7,10-11H2,1-2H3. The van der Waals surface area contributed by atoms with Crippen LogP contribution in [0.25, 0.3) is 0 Å². The van der Waals surface area contributed by atoms with Gasteiger partial charge in [-0.25, -0.2) is 4.99 Å². The van der Waals surface area contributed by atoms with Gasteiger partial charge in [-0.3, -0.25) is 9.69 Å². The smallest absolute Gasteiger partial charge is 0.231 e. The summed E-state index contributed by atoms with van der Waals surface area (Å²) in [4.78, 5) is 19.4. The minimum absolute atomic E-state index is 0.180. The van der Waals surface area contributed by atoms with Gasteiger partial charge in [-0.2, -0.15) is 0 Å². The number of carbonyl (C=O) groups is 1. The summed E-state index contributed by atoms with van der Waals surface area (Å²) in [5.74, 6) is 2.75. The molecule has 0 atom stereocenters. The van der Waals surface area contributed by atoms with Gasteiger partial charge in [-0.15, -0.1) is 0 Å². The molecular formula is C18H24N2O3S. The maximum atomic E-state index is 12.8. The fourth-order valence-electron chi connectivity index (χ4n) is 3.25. The van der Waals surface area contributed by atoms with Crippen molar-refractivity contribution in [3.8, 4) is 11.5 Å². The summed E-state index contributed by atoms with van der Waals surface area (Å²) in [6, 6.07) is 5.58. The number of nitrogens with zero attached hydrogens (tertiary/aromatic N) is 2. The van der Waals surface area contributed by atoms with E-state index < -0.39 is 0 Å². The number of methoxy groups -OCH3 is 2. The lowest BCUT2D eigenvalue weighted by Crippen LogP contribution is -2.42. The topological polar surface area (TPSA) is 51.1 Å². The van der Waals surface area contributed by atoms with Gasteiger partial charge in [0.25, 0.3) is 0 Å². The minimum Gasteiger partial charge on any atom is -0.493 e. The molecule has 1 heterocycles. The van der Waals surface area contributed by atoms with Gasteiger partial charge in [0.15, 0.2) is 16.7 Å². The summed E-state index contributed by atoms with van der Waals surface area (Å²) in [6.07, 6.45) is 5.39. The summed E-state index contributed by atoms with van der Waals surface area (Å²) in [5, 5.41) is 0.811. The maximum absolute atomic E-state index is 12.8. The summed E-state index contributed by atoms with van der Waals surface area (Å²) in [6.45, 7) is 0.772. The third-order valence-corrected chi connectivity index (χ3v) is 5.61. The highest BCUT2D eigenvalue weighted by atomic mass is 32.2. The number of aliphatic imine (C=N–C) groups is 1. The van der Waals surface area contributed by atoms with Crippen molar-refractivity contribution < 1.29 is 14.3 Å². The van der Waals surface area contributed by atoms with Gasteiger partial charge in [0.1, 0.15) is 0 Å². The Morgan fingerprint density at radius 3 is 2.62 bits per heavy atom. The van der Waals surface area contributed by atoms with Crippen molar-refractivity contribution in [1.29, 1.82) is 0 Å². The Bertz CT molecular complexity index is 627. The van der Waals surface area contributed by atoms with Crippen molar-refractivity contribution in [3.63, 3.8) is 0 Å². The van der Waals surface area contributed by atoms with Crippen molar-refractivity contribution in [2.24, 2.45) is 10.9 Å². The monoisotopic (exact) mass is 348 g/mol. The molecule has 2 aliphatic rings. The fraction of sp³-hybridized carbons (Fsp3) is 0.556. The zero-order chi connectivity index (χ0) is 16.9. The number of rotatable bonds is 4. The number of ether oxygens (including phenoxy) is 2. The molecular weight excluding hydrogens is 324 g/mol. The Labute approximate surface area is 147 Å². The Kier molecular flexibility index (Phi) is 5.66. The lowest BCUT2D eigenvalue weighted by atomic mass is 10.1. The van der Waals surface area contributed by atoms with Gasteiger partial charge in [0, 0.05) is 24.3 Å². The third-order valence-electron chi connectivity index (χ3n) is 4.55. The summed E-state index contributed by atoms with van der Waals surface area (Å²) >= 11 is 1.66. The van der Waals surface area contributed by atoms with Gasteiger partial charge < -0.3 is 9.47 Å². The van der Waals surface area contributed by atoms with E-state index in [1.165, 1.54) is 12.8 Å². The van der Waals surface area contributed by atoms with E-state index in [2.05, 4.69) is 0 Å². The zero-order valence-corrected chi connectivity index (χ0v) is 15.1. The quantitative estimate of drug-likeness (QED) is 0.829. The van der Waals surface area contributed by atoms with Crippen molar-refractivity contribution in [1.82, 2.24) is 4.90 Å². The number of hydrogen-bond donors (Lipinski definition) is 0. The first-order valence-corrected chi connectivity index (χ1v) is 9.46. The average Bonchev–Trinajstić information content (AvgIpc) is 3.16. The van der Waals surface area contributed by atoms with Crippen LogP contribution in [0.3, 0.4) is 0 Å². The second-order valence-electron chi connectivity index (χ2n) is 6.11. The second kappa shape index (κ2) is 7.92. The van der Waals surface area contributed by atoms with Crippen LogP contribution in [0.15, 0.2) is 23.2 Å². The van der Waals surface area contributed by atoms with Crippen LogP contribution in [0.1, 0.15) is 32.1 Å². The SMILES string of the molecule is COc1ccc(N=C2SCCCN2C(=O)C2CCCC2)cc1OC. The van der Waals surface area contributed by atoms with E-state index in [9.17, 15) is 4.79 Å². The van der Waals surface area contributed by atoms with Gasteiger partial charge >= 0.3 is 0 Å². The molecule has 6 heteroatoms. The molecule has 0 N–H and O–H groups in total. The molecule has 0 bridgehead atoms. The molecule has 24 heavy (non-hydrogen) atoms. The van der Waals surface area contributed by atoms with Gasteiger partial charge in [-0.05, 0) is 31.4 Å². The Hall–Kier alpha value is -1.69. The molecule has 130 valence electrons. The number of hydrogen-bond acceptors (Lipinski definition) is 5. The molecule has 1 amide bonds. The summed E-state index contributed by atoms with van der Waals surface area (Å²) < 4.78 is 10.6. The van der Waals surface area contributed by atoms with Crippen LogP contribution in [0.5, 0.6) is 11.5 Å². The second-order valence-corrected chi connectivity index (χ2v) is 7.17. The maximum Gasteiger partial charge on any atom is 0.231 e. The highest BCUT2D eigenvalue weighted by Crippen LogP contribution is 2.33. The molecule has 1 saturated heterocycles. The van der Waals surface area contributed by atoms with Gasteiger partial charge in [0.05, 0.1) is 19.9 Å². The van der Waals surface area contributed by atoms with E-state index in [0.717, 1.165) is 42.4 Å². The highest BCUT2D eigenvalue weighted by molar-refractivity contribution is 8.13. The first kappa shape index (κ1) is 17.1. The molecule has 5 nitrogen and oxygen atoms in total. The number of amidine groups is 1. The average molecular weight is 348 g/mol. The first-order valence-electron chi connectivity index (χ1n) is 8.48. The molecule has 1 saturated carbocycles. The molecule has 1 aliphatic carbocycles. The largest absolute Gasteiger partial charge is 0.493 e.